The van der Waals surface area contributed by atoms with Gasteiger partial charge in [-0.1, -0.05) is 78.9 Å². The van der Waals surface area contributed by atoms with Crippen molar-refractivity contribution >= 4 is 22.1 Å². The third kappa shape index (κ3) is 9.13. The number of carbonyl (C=O) groups is 2. The van der Waals surface area contributed by atoms with Gasteiger partial charge in [0.2, 0.25) is 10.0 Å². The first-order chi connectivity index (χ1) is 20.8. The molecule has 1 aliphatic rings. The summed E-state index contributed by atoms with van der Waals surface area (Å²) in [6.45, 7) is 2.60. The predicted octanol–water partition coefficient (Wildman–Crippen LogP) is 4.76. The van der Waals surface area contributed by atoms with E-state index in [1.54, 1.807) is 37.4 Å². The largest absolute Gasteiger partial charge is 0.468 e. The lowest BCUT2D eigenvalue weighted by Crippen LogP contribution is -2.49. The van der Waals surface area contributed by atoms with Crippen LogP contribution in [-0.4, -0.2) is 87.5 Å². The quantitative estimate of drug-likeness (QED) is 0.259. The van der Waals surface area contributed by atoms with Gasteiger partial charge in [0.05, 0.1) is 12.0 Å². The number of likely N-dealkylation sites (tertiary alicyclic amines) is 1. The van der Waals surface area contributed by atoms with Gasteiger partial charge in [-0.15, -0.1) is 0 Å². The molecule has 230 valence electrons. The summed E-state index contributed by atoms with van der Waals surface area (Å²) < 4.78 is 38.3. The van der Waals surface area contributed by atoms with E-state index in [1.807, 2.05) is 60.7 Å². The molecule has 10 heteroatoms. The van der Waals surface area contributed by atoms with Gasteiger partial charge in [-0.2, -0.15) is 0 Å². The summed E-state index contributed by atoms with van der Waals surface area (Å²) in [5.74, 6) is -0.481. The molecule has 0 N–H and O–H groups in total. The van der Waals surface area contributed by atoms with Crippen molar-refractivity contribution in [2.45, 2.75) is 42.7 Å². The van der Waals surface area contributed by atoms with Gasteiger partial charge < -0.3 is 14.4 Å². The van der Waals surface area contributed by atoms with Crippen molar-refractivity contribution in [3.8, 4) is 0 Å². The van der Waals surface area contributed by atoms with E-state index in [-0.39, 0.29) is 30.0 Å². The third-order valence-electron chi connectivity index (χ3n) is 7.96. The molecule has 9 nitrogen and oxygen atoms in total. The average molecular weight is 608 g/mol. The normalized spacial score (nSPS) is 15.1. The summed E-state index contributed by atoms with van der Waals surface area (Å²) in [5.41, 5.74) is 1.97. The second kappa shape index (κ2) is 15.7. The molecule has 0 bridgehead atoms. The fourth-order valence-corrected chi connectivity index (χ4v) is 6.65. The molecular weight excluding hydrogens is 566 g/mol. The molecule has 3 aromatic carbocycles. The zero-order valence-corrected chi connectivity index (χ0v) is 25.7. The number of amides is 1. The van der Waals surface area contributed by atoms with Crippen molar-refractivity contribution in [1.82, 2.24) is 14.1 Å². The van der Waals surface area contributed by atoms with Crippen LogP contribution >= 0.6 is 0 Å². The minimum atomic E-state index is -3.61. The molecule has 0 aromatic heterocycles. The minimum Gasteiger partial charge on any atom is -0.468 e. The summed E-state index contributed by atoms with van der Waals surface area (Å²) in [4.78, 5) is 29.3. The third-order valence-corrected chi connectivity index (χ3v) is 9.80. The maximum absolute atomic E-state index is 13.2. The van der Waals surface area contributed by atoms with Crippen LogP contribution in [0.15, 0.2) is 95.9 Å². The van der Waals surface area contributed by atoms with E-state index in [0.29, 0.717) is 19.4 Å². The number of benzene rings is 3. The number of rotatable bonds is 13. The van der Waals surface area contributed by atoms with Crippen LogP contribution in [0.4, 0.5) is 4.79 Å². The predicted molar refractivity (Wildman–Crippen MR) is 165 cm³/mol. The molecule has 0 spiro atoms. The molecule has 1 amide bonds. The van der Waals surface area contributed by atoms with Gasteiger partial charge in [-0.3, -0.25) is 9.69 Å². The second-order valence-electron chi connectivity index (χ2n) is 10.8. The van der Waals surface area contributed by atoms with Crippen molar-refractivity contribution in [1.29, 1.82) is 0 Å². The fourth-order valence-electron chi connectivity index (χ4n) is 5.41. The monoisotopic (exact) mass is 607 g/mol. The topological polar surface area (TPSA) is 96.5 Å². The van der Waals surface area contributed by atoms with E-state index in [1.165, 1.54) is 16.3 Å². The highest BCUT2D eigenvalue weighted by Crippen LogP contribution is 2.26. The smallest absolute Gasteiger partial charge is 0.410 e. The maximum atomic E-state index is 13.2. The van der Waals surface area contributed by atoms with Crippen LogP contribution in [0.2, 0.25) is 0 Å². The van der Waals surface area contributed by atoms with Gasteiger partial charge in [-0.25, -0.2) is 17.5 Å². The van der Waals surface area contributed by atoms with Crippen molar-refractivity contribution < 1.29 is 27.5 Å². The Bertz CT molecular complexity index is 1400. The zero-order valence-electron chi connectivity index (χ0n) is 24.9. The lowest BCUT2D eigenvalue weighted by atomic mass is 9.94. The van der Waals surface area contributed by atoms with E-state index in [9.17, 15) is 18.0 Å². The van der Waals surface area contributed by atoms with Crippen LogP contribution < -0.4 is 0 Å². The Morgan fingerprint density at radius 3 is 2.09 bits per heavy atom. The van der Waals surface area contributed by atoms with E-state index in [4.69, 9.17) is 9.47 Å². The second-order valence-corrected chi connectivity index (χ2v) is 12.9. The van der Waals surface area contributed by atoms with Crippen molar-refractivity contribution in [2.24, 2.45) is 0 Å². The highest BCUT2D eigenvalue weighted by atomic mass is 32.2. The number of carbonyl (C=O) groups excluding carboxylic acids is 2. The minimum absolute atomic E-state index is 0.00574. The lowest BCUT2D eigenvalue weighted by Gasteiger charge is -2.38. The number of methoxy groups -OCH3 is 1. The van der Waals surface area contributed by atoms with Crippen LogP contribution in [0.1, 0.15) is 36.3 Å². The standard InChI is InChI=1S/C33H41N3O6S/c1-34(43(39,40)31-16-10-5-11-17-31)24-29(28-14-8-4-9-15-28)18-21-35-22-19-30(20-23-35)36(25-32(37)41-2)33(38)42-26-27-12-6-3-7-13-27/h3-17,29-30H,18-26H2,1-2H3/t29-/m1/s1. The van der Waals surface area contributed by atoms with E-state index >= 15 is 0 Å². The fraction of sp³-hybridized carbons (Fsp3) is 0.394. The van der Waals surface area contributed by atoms with Gasteiger partial charge in [0.1, 0.15) is 13.2 Å². The Labute approximate surface area is 255 Å². The average Bonchev–Trinajstić information content (AvgIpc) is 3.05. The van der Waals surface area contributed by atoms with Crippen LogP contribution in [0.25, 0.3) is 0 Å². The maximum Gasteiger partial charge on any atom is 0.410 e. The van der Waals surface area contributed by atoms with Crippen LogP contribution in [0, 0.1) is 0 Å². The molecule has 1 saturated heterocycles. The molecule has 4 rings (SSSR count). The molecule has 0 aliphatic carbocycles. The molecule has 43 heavy (non-hydrogen) atoms. The highest BCUT2D eigenvalue weighted by molar-refractivity contribution is 7.89. The van der Waals surface area contributed by atoms with Gasteiger partial charge in [0, 0.05) is 32.7 Å². The number of ether oxygens (including phenoxy) is 2. The summed E-state index contributed by atoms with van der Waals surface area (Å²) in [6.07, 6.45) is 1.62. The van der Waals surface area contributed by atoms with E-state index in [2.05, 4.69) is 4.90 Å². The Morgan fingerprint density at radius 1 is 0.907 bits per heavy atom. The first-order valence-electron chi connectivity index (χ1n) is 14.6. The molecule has 0 unspecified atom stereocenters. The van der Waals surface area contributed by atoms with Gasteiger partial charge in [-0.05, 0) is 55.0 Å². The SMILES string of the molecule is COC(=O)CN(C(=O)OCc1ccccc1)C1CCN(CC[C@H](CN(C)S(=O)(=O)c2ccccc2)c2ccccc2)CC1. The highest BCUT2D eigenvalue weighted by Gasteiger charge is 2.31. The Balaban J connectivity index is 1.36. The van der Waals surface area contributed by atoms with Crippen LogP contribution in [-0.2, 0) is 30.9 Å². The summed E-state index contributed by atoms with van der Waals surface area (Å²) in [7, 11) is -0.667. The molecule has 0 radical (unpaired) electrons. The molecule has 1 heterocycles. The van der Waals surface area contributed by atoms with E-state index in [0.717, 1.165) is 37.2 Å². The molecule has 1 atom stereocenters. The number of hydrogen-bond acceptors (Lipinski definition) is 7. The number of sulfonamides is 1. The summed E-state index contributed by atoms with van der Waals surface area (Å²) in [5, 5.41) is 0. The number of hydrogen-bond donors (Lipinski definition) is 0. The van der Waals surface area contributed by atoms with Crippen molar-refractivity contribution in [3.05, 3.63) is 102 Å². The van der Waals surface area contributed by atoms with Crippen LogP contribution in [0.5, 0.6) is 0 Å². The van der Waals surface area contributed by atoms with Gasteiger partial charge >= 0.3 is 12.1 Å². The Hall–Kier alpha value is -3.73. The zero-order chi connectivity index (χ0) is 30.7. The van der Waals surface area contributed by atoms with Gasteiger partial charge in [0.25, 0.3) is 0 Å². The Morgan fingerprint density at radius 2 is 1.49 bits per heavy atom. The first kappa shape index (κ1) is 32.2. The van der Waals surface area contributed by atoms with Crippen molar-refractivity contribution in [3.63, 3.8) is 0 Å². The van der Waals surface area contributed by atoms with Crippen LogP contribution in [0.3, 0.4) is 0 Å². The number of esters is 1. The number of nitrogens with zero attached hydrogens (tertiary/aromatic N) is 3. The molecule has 0 saturated carbocycles. The molecular formula is C33H41N3O6S. The summed E-state index contributed by atoms with van der Waals surface area (Å²) >= 11 is 0. The molecule has 1 aliphatic heterocycles. The molecule has 3 aromatic rings. The molecule has 1 fully saturated rings. The lowest BCUT2D eigenvalue weighted by molar-refractivity contribution is -0.142. The number of piperidine rings is 1. The first-order valence-corrected chi connectivity index (χ1v) is 16.0. The van der Waals surface area contributed by atoms with E-state index < -0.39 is 22.1 Å². The summed E-state index contributed by atoms with van der Waals surface area (Å²) in [6, 6.07) is 27.8. The van der Waals surface area contributed by atoms with Gasteiger partial charge in [0.15, 0.2) is 0 Å². The van der Waals surface area contributed by atoms with Crippen molar-refractivity contribution in [2.75, 3.05) is 46.9 Å². The number of likely N-dealkylation sites (N-methyl/N-ethyl adjacent to an activating group) is 1. The Kier molecular flexibility index (Phi) is 11.7.